The summed E-state index contributed by atoms with van der Waals surface area (Å²) in [4.78, 5) is 25.2. The summed E-state index contributed by atoms with van der Waals surface area (Å²) in [5.41, 5.74) is 8.99. The van der Waals surface area contributed by atoms with E-state index in [1.165, 1.54) is 30.9 Å². The van der Waals surface area contributed by atoms with Crippen LogP contribution in [0.3, 0.4) is 0 Å². The lowest BCUT2D eigenvalue weighted by molar-refractivity contribution is -0.116. The predicted octanol–water partition coefficient (Wildman–Crippen LogP) is 2.38. The van der Waals surface area contributed by atoms with E-state index in [1.807, 2.05) is 12.3 Å². The van der Waals surface area contributed by atoms with Gasteiger partial charge in [0.15, 0.2) is 5.78 Å². The monoisotopic (exact) mass is 371 g/mol. The van der Waals surface area contributed by atoms with E-state index in [-0.39, 0.29) is 17.3 Å². The third-order valence-corrected chi connectivity index (χ3v) is 5.67. The quantitative estimate of drug-likeness (QED) is 0.798. The fourth-order valence-corrected chi connectivity index (χ4v) is 4.46. The topological polar surface area (TPSA) is 93.8 Å². The van der Waals surface area contributed by atoms with Gasteiger partial charge in [-0.1, -0.05) is 6.07 Å². The molecule has 0 saturated heterocycles. The summed E-state index contributed by atoms with van der Waals surface area (Å²) in [6.07, 6.45) is 7.09. The summed E-state index contributed by atoms with van der Waals surface area (Å²) in [6.45, 7) is 2.90. The number of amidine groups is 1. The van der Waals surface area contributed by atoms with Gasteiger partial charge in [-0.2, -0.15) is 0 Å². The highest BCUT2D eigenvalue weighted by molar-refractivity contribution is 7.45. The van der Waals surface area contributed by atoms with Crippen molar-refractivity contribution in [3.05, 3.63) is 52.8 Å². The molecule has 0 aromatic heterocycles. The Bertz CT molecular complexity index is 838. The number of Topliss-reactive ketones (excluding diaryl/α,β-unsaturated/α-hetero) is 1. The first-order valence-electron chi connectivity index (χ1n) is 8.51. The Morgan fingerprint density at radius 1 is 1.27 bits per heavy atom. The average Bonchev–Trinajstić information content (AvgIpc) is 3.19. The zero-order valence-corrected chi connectivity index (χ0v) is 15.8. The van der Waals surface area contributed by atoms with Crippen molar-refractivity contribution in [1.82, 2.24) is 5.32 Å². The molecule has 1 aromatic rings. The molecule has 4 rings (SSSR count). The minimum absolute atomic E-state index is 0.0342. The molecular formula is C19H22N3O3P. The van der Waals surface area contributed by atoms with Crippen molar-refractivity contribution in [3.63, 3.8) is 0 Å². The molecule has 7 heteroatoms. The van der Waals surface area contributed by atoms with E-state index in [4.69, 9.17) is 4.74 Å². The van der Waals surface area contributed by atoms with E-state index in [2.05, 4.69) is 28.2 Å². The second-order valence-electron chi connectivity index (χ2n) is 6.38. The van der Waals surface area contributed by atoms with E-state index < -0.39 is 0 Å². The number of benzene rings is 1. The molecule has 1 aliphatic carbocycles. The Labute approximate surface area is 154 Å². The first-order chi connectivity index (χ1) is 12.4. The van der Waals surface area contributed by atoms with Crippen molar-refractivity contribution in [2.75, 3.05) is 0 Å². The van der Waals surface area contributed by atoms with Gasteiger partial charge in [-0.3, -0.25) is 9.59 Å². The number of carbonyl (C=O) groups excluding carboxylic acids is 2. The maximum absolute atomic E-state index is 11.7. The first-order valence-corrected chi connectivity index (χ1v) is 9.59. The summed E-state index contributed by atoms with van der Waals surface area (Å²) < 4.78 is 6.03. The number of fused-ring (bicyclic) bond motifs is 2. The number of nitrogens with one attached hydrogen (secondary N) is 1. The van der Waals surface area contributed by atoms with Crippen LogP contribution in [-0.2, 0) is 22.4 Å². The number of hydrogen-bond donors (Lipinski definition) is 2. The second kappa shape index (κ2) is 7.83. The highest BCUT2D eigenvalue weighted by atomic mass is 31.1. The number of ketones is 1. The molecule has 1 amide bonds. The van der Waals surface area contributed by atoms with Gasteiger partial charge >= 0.3 is 0 Å². The maximum Gasteiger partial charge on any atom is 0.214 e. The molecule has 0 saturated carbocycles. The van der Waals surface area contributed by atoms with Crippen LogP contribution < -0.4 is 15.8 Å². The van der Waals surface area contributed by atoms with Crippen LogP contribution in [0.2, 0.25) is 0 Å². The highest BCUT2D eigenvalue weighted by Gasteiger charge is 2.32. The molecule has 2 atom stereocenters. The van der Waals surface area contributed by atoms with Gasteiger partial charge in [0.25, 0.3) is 0 Å². The van der Waals surface area contributed by atoms with E-state index in [0.717, 1.165) is 29.1 Å². The number of amides is 1. The molecule has 0 spiro atoms. The van der Waals surface area contributed by atoms with Gasteiger partial charge in [0.2, 0.25) is 5.91 Å². The Kier molecular flexibility index (Phi) is 5.52. The minimum Gasteiger partial charge on any atom is -0.456 e. The molecular weight excluding hydrogens is 349 g/mol. The molecule has 1 aromatic carbocycles. The van der Waals surface area contributed by atoms with Crippen molar-refractivity contribution in [1.29, 1.82) is 0 Å². The van der Waals surface area contributed by atoms with Crippen molar-refractivity contribution in [2.24, 2.45) is 10.7 Å². The Morgan fingerprint density at radius 2 is 2.00 bits per heavy atom. The van der Waals surface area contributed by atoms with E-state index in [9.17, 15) is 9.59 Å². The van der Waals surface area contributed by atoms with Gasteiger partial charge < -0.3 is 15.8 Å². The lowest BCUT2D eigenvalue weighted by Crippen LogP contribution is -2.32. The summed E-state index contributed by atoms with van der Waals surface area (Å²) in [6, 6.07) is 6.35. The summed E-state index contributed by atoms with van der Waals surface area (Å²) in [5, 5.41) is 3.15. The summed E-state index contributed by atoms with van der Waals surface area (Å²) in [7, 11) is 0.392. The van der Waals surface area contributed by atoms with Crippen LogP contribution in [0, 0.1) is 0 Å². The zero-order valence-electron chi connectivity index (χ0n) is 14.8. The minimum atomic E-state index is -0.333. The van der Waals surface area contributed by atoms with Gasteiger partial charge in [0.1, 0.15) is 17.1 Å². The molecule has 26 heavy (non-hydrogen) atoms. The smallest absolute Gasteiger partial charge is 0.214 e. The molecule has 0 bridgehead atoms. The van der Waals surface area contributed by atoms with Crippen LogP contribution in [0.1, 0.15) is 31.4 Å². The van der Waals surface area contributed by atoms with Crippen LogP contribution in [-0.4, -0.2) is 23.2 Å². The fraction of sp³-hybridized carbons (Fsp3) is 0.316. The lowest BCUT2D eigenvalue weighted by atomic mass is 10.1. The third kappa shape index (κ3) is 4.20. The van der Waals surface area contributed by atoms with Gasteiger partial charge in [-0.15, -0.1) is 0 Å². The van der Waals surface area contributed by atoms with E-state index in [0.29, 0.717) is 8.58 Å². The number of hydrogen-bond acceptors (Lipinski definition) is 5. The van der Waals surface area contributed by atoms with Gasteiger partial charge in [-0.25, -0.2) is 4.99 Å². The number of ether oxygens (including phenoxy) is 1. The average molecular weight is 371 g/mol. The second-order valence-corrected chi connectivity index (χ2v) is 7.74. The van der Waals surface area contributed by atoms with Gasteiger partial charge in [0, 0.05) is 24.9 Å². The molecule has 0 fully saturated rings. The van der Waals surface area contributed by atoms with Crippen molar-refractivity contribution in [2.45, 2.75) is 38.8 Å². The number of primary amides is 1. The molecule has 3 N–H and O–H groups in total. The van der Waals surface area contributed by atoms with Crippen LogP contribution in [0.4, 0.5) is 0 Å². The number of nitrogens with two attached hydrogens (primary N) is 1. The number of aliphatic imine (C=N–C) groups is 1. The predicted molar refractivity (Wildman–Crippen MR) is 103 cm³/mol. The Hall–Kier alpha value is -2.46. The van der Waals surface area contributed by atoms with Crippen molar-refractivity contribution in [3.8, 4) is 5.75 Å². The summed E-state index contributed by atoms with van der Waals surface area (Å²) >= 11 is 0. The maximum atomic E-state index is 11.7. The van der Waals surface area contributed by atoms with Crippen molar-refractivity contribution >= 4 is 26.1 Å². The molecule has 0 radical (unpaired) electrons. The number of rotatable bonds is 3. The Balaban J connectivity index is 0.000000447. The largest absolute Gasteiger partial charge is 0.456 e. The molecule has 136 valence electrons. The fourth-order valence-electron chi connectivity index (χ4n) is 3.12. The third-order valence-electron chi connectivity index (χ3n) is 4.27. The number of carbonyl (C=O) groups is 2. The standard InChI is InChI=1S/C17H17N2O2P.C2H5NO/c1-10(20)14-8-18-17-16(14)22-15(9-19-17)21-13-6-5-11-3-2-4-12(11)7-13;1-2(3)4/h5-9,16,22H,2-4H2,1H3,(H,18,19);1H3,(H2,3,4). The molecule has 3 aliphatic rings. The lowest BCUT2D eigenvalue weighted by Gasteiger charge is -2.23. The SMILES string of the molecule is CC(=O)C1=CN=C2NC=C(Oc3ccc4c(c3)CCC4)PC12.CC(N)=O. The number of aryl methyl sites for hydroxylation is 2. The molecule has 2 unspecified atom stereocenters. The van der Waals surface area contributed by atoms with E-state index in [1.54, 1.807) is 13.1 Å². The van der Waals surface area contributed by atoms with Crippen LogP contribution >= 0.6 is 8.58 Å². The van der Waals surface area contributed by atoms with Crippen molar-refractivity contribution < 1.29 is 14.3 Å². The summed E-state index contributed by atoms with van der Waals surface area (Å²) in [5.74, 6) is 1.48. The van der Waals surface area contributed by atoms with E-state index >= 15 is 0 Å². The van der Waals surface area contributed by atoms with Crippen LogP contribution in [0.5, 0.6) is 5.75 Å². The zero-order chi connectivity index (χ0) is 18.7. The number of nitrogens with zero attached hydrogens (tertiary/aromatic N) is 1. The molecule has 2 aliphatic heterocycles. The first kappa shape index (κ1) is 18.3. The van der Waals surface area contributed by atoms with Crippen LogP contribution in [0.25, 0.3) is 0 Å². The molecule has 6 nitrogen and oxygen atoms in total. The Morgan fingerprint density at radius 3 is 2.73 bits per heavy atom. The molecule has 2 heterocycles. The van der Waals surface area contributed by atoms with Crippen LogP contribution in [0.15, 0.2) is 46.7 Å². The highest BCUT2D eigenvalue weighted by Crippen LogP contribution is 2.40. The van der Waals surface area contributed by atoms with Gasteiger partial charge in [-0.05, 0) is 58.0 Å². The van der Waals surface area contributed by atoms with Gasteiger partial charge in [0.05, 0.1) is 5.66 Å². The normalized spacial score (nSPS) is 20.5.